The Balaban J connectivity index is 1.74. The Hall–Kier alpha value is -3.02. The molecule has 0 unspecified atom stereocenters. The second-order valence-corrected chi connectivity index (χ2v) is 9.28. The predicted molar refractivity (Wildman–Crippen MR) is 119 cm³/mol. The molecule has 8 nitrogen and oxygen atoms in total. The van der Waals surface area contributed by atoms with Gasteiger partial charge in [0.2, 0.25) is 0 Å². The fraction of sp³-hybridized carbons (Fsp3) is 0.150. The number of sulfonamides is 1. The summed E-state index contributed by atoms with van der Waals surface area (Å²) in [7, 11) is -4.05. The number of hydrogen-bond donors (Lipinski definition) is 2. The number of hydrogen-bond acceptors (Lipinski definition) is 7. The van der Waals surface area contributed by atoms with Gasteiger partial charge in [0.15, 0.2) is 5.13 Å². The Morgan fingerprint density at radius 1 is 1.19 bits per heavy atom. The molecule has 0 saturated heterocycles. The average Bonchev–Trinajstić information content (AvgIpc) is 3.16. The summed E-state index contributed by atoms with van der Waals surface area (Å²) >= 11 is 7.21. The standard InChI is InChI=1S/C20H17ClFN3O5S2/c1-2-30-18(26)10-14-11-31-20(23-14)24-19(27)12-3-8-16(21)17(9-12)25-32(28,29)15-6-4-13(22)5-7-15/h3-9,11,25H,2,10H2,1H3,(H,23,24,27). The fourth-order valence-electron chi connectivity index (χ4n) is 2.54. The van der Waals surface area contributed by atoms with Crippen LogP contribution in [0, 0.1) is 5.82 Å². The molecule has 0 bridgehead atoms. The summed E-state index contributed by atoms with van der Waals surface area (Å²) in [5.41, 5.74) is 0.548. The highest BCUT2D eigenvalue weighted by atomic mass is 35.5. The van der Waals surface area contributed by atoms with Gasteiger partial charge in [-0.3, -0.25) is 19.6 Å². The van der Waals surface area contributed by atoms with Crippen molar-refractivity contribution in [2.45, 2.75) is 18.2 Å². The third-order valence-electron chi connectivity index (χ3n) is 4.00. The number of halogens is 2. The van der Waals surface area contributed by atoms with Gasteiger partial charge in [-0.2, -0.15) is 0 Å². The summed E-state index contributed by atoms with van der Waals surface area (Å²) in [4.78, 5) is 28.1. The maximum atomic E-state index is 13.1. The molecule has 12 heteroatoms. The number of benzene rings is 2. The van der Waals surface area contributed by atoms with Crippen molar-refractivity contribution in [2.75, 3.05) is 16.6 Å². The minimum Gasteiger partial charge on any atom is -0.466 e. The number of ether oxygens (including phenoxy) is 1. The summed E-state index contributed by atoms with van der Waals surface area (Å²) in [5.74, 6) is -1.55. The topological polar surface area (TPSA) is 114 Å². The third-order valence-corrected chi connectivity index (χ3v) is 6.52. The van der Waals surface area contributed by atoms with Crippen LogP contribution in [-0.2, 0) is 26.0 Å². The van der Waals surface area contributed by atoms with Crippen LogP contribution in [0.5, 0.6) is 0 Å². The lowest BCUT2D eigenvalue weighted by atomic mass is 10.2. The molecule has 0 atom stereocenters. The van der Waals surface area contributed by atoms with Crippen LogP contribution in [0.3, 0.4) is 0 Å². The molecule has 2 N–H and O–H groups in total. The number of carbonyl (C=O) groups excluding carboxylic acids is 2. The lowest BCUT2D eigenvalue weighted by molar-refractivity contribution is -0.142. The third kappa shape index (κ3) is 6.02. The van der Waals surface area contributed by atoms with Gasteiger partial charge in [-0.05, 0) is 49.4 Å². The van der Waals surface area contributed by atoms with Gasteiger partial charge in [0, 0.05) is 10.9 Å². The number of carbonyl (C=O) groups is 2. The summed E-state index contributed by atoms with van der Waals surface area (Å²) in [6.45, 7) is 1.96. The summed E-state index contributed by atoms with van der Waals surface area (Å²) in [5, 5.41) is 4.54. The van der Waals surface area contributed by atoms with Crippen LogP contribution in [0.25, 0.3) is 0 Å². The molecular formula is C20H17ClFN3O5S2. The van der Waals surface area contributed by atoms with E-state index in [1.165, 1.54) is 18.2 Å². The zero-order chi connectivity index (χ0) is 23.3. The first-order valence-corrected chi connectivity index (χ1v) is 11.9. The molecule has 2 aromatic carbocycles. The van der Waals surface area contributed by atoms with Crippen LogP contribution in [0.1, 0.15) is 23.0 Å². The molecule has 0 aliphatic carbocycles. The van der Waals surface area contributed by atoms with Crippen molar-refractivity contribution in [2.24, 2.45) is 0 Å². The molecule has 3 aromatic rings. The number of thiazole rings is 1. The highest BCUT2D eigenvalue weighted by Crippen LogP contribution is 2.27. The molecule has 3 rings (SSSR count). The van der Waals surface area contributed by atoms with Crippen LogP contribution < -0.4 is 10.0 Å². The van der Waals surface area contributed by atoms with Gasteiger partial charge in [0.1, 0.15) is 5.82 Å². The summed E-state index contributed by atoms with van der Waals surface area (Å²) in [6, 6.07) is 8.31. The monoisotopic (exact) mass is 497 g/mol. The molecule has 0 radical (unpaired) electrons. The van der Waals surface area contributed by atoms with Gasteiger partial charge in [-0.1, -0.05) is 11.6 Å². The second kappa shape index (κ2) is 10.1. The van der Waals surface area contributed by atoms with E-state index in [1.807, 2.05) is 0 Å². The Labute approximate surface area is 192 Å². The Bertz CT molecular complexity index is 1250. The predicted octanol–water partition coefficient (Wildman–Crippen LogP) is 4.09. The zero-order valence-electron chi connectivity index (χ0n) is 16.6. The number of esters is 1. The van der Waals surface area contributed by atoms with Crippen molar-refractivity contribution in [3.63, 3.8) is 0 Å². The van der Waals surface area contributed by atoms with Crippen LogP contribution in [0.15, 0.2) is 52.7 Å². The van der Waals surface area contributed by atoms with Gasteiger partial charge >= 0.3 is 5.97 Å². The van der Waals surface area contributed by atoms with E-state index >= 15 is 0 Å². The normalized spacial score (nSPS) is 11.1. The molecule has 0 spiro atoms. The van der Waals surface area contributed by atoms with Gasteiger partial charge in [0.05, 0.1) is 34.3 Å². The van der Waals surface area contributed by atoms with Crippen molar-refractivity contribution in [1.82, 2.24) is 4.98 Å². The van der Waals surface area contributed by atoms with Crippen molar-refractivity contribution < 1.29 is 27.1 Å². The maximum Gasteiger partial charge on any atom is 0.311 e. The van der Waals surface area contributed by atoms with E-state index in [2.05, 4.69) is 15.0 Å². The van der Waals surface area contributed by atoms with E-state index in [0.717, 1.165) is 35.6 Å². The van der Waals surface area contributed by atoms with E-state index in [1.54, 1.807) is 12.3 Å². The van der Waals surface area contributed by atoms with E-state index < -0.39 is 27.7 Å². The second-order valence-electron chi connectivity index (χ2n) is 6.33. The summed E-state index contributed by atoms with van der Waals surface area (Å²) < 4.78 is 45.3. The highest BCUT2D eigenvalue weighted by molar-refractivity contribution is 7.92. The van der Waals surface area contributed by atoms with E-state index in [9.17, 15) is 22.4 Å². The molecule has 168 valence electrons. The molecular weight excluding hydrogens is 481 g/mol. The molecule has 1 heterocycles. The molecule has 32 heavy (non-hydrogen) atoms. The van der Waals surface area contributed by atoms with E-state index in [-0.39, 0.29) is 39.3 Å². The van der Waals surface area contributed by atoms with Crippen molar-refractivity contribution in [3.8, 4) is 0 Å². The smallest absolute Gasteiger partial charge is 0.311 e. The molecule has 1 amide bonds. The van der Waals surface area contributed by atoms with Crippen LogP contribution in [0.4, 0.5) is 15.2 Å². The SMILES string of the molecule is CCOC(=O)Cc1csc(NC(=O)c2ccc(Cl)c(NS(=O)(=O)c3ccc(F)cc3)c2)n1. The molecule has 0 aliphatic rings. The first-order chi connectivity index (χ1) is 15.2. The van der Waals surface area contributed by atoms with Crippen molar-refractivity contribution in [1.29, 1.82) is 0 Å². The number of anilines is 2. The Morgan fingerprint density at radius 3 is 2.59 bits per heavy atom. The van der Waals surface area contributed by atoms with Gasteiger partial charge < -0.3 is 4.74 Å². The zero-order valence-corrected chi connectivity index (χ0v) is 19.0. The minimum absolute atomic E-state index is 0.0174. The van der Waals surface area contributed by atoms with Gasteiger partial charge in [0.25, 0.3) is 15.9 Å². The Morgan fingerprint density at radius 2 is 1.91 bits per heavy atom. The van der Waals surface area contributed by atoms with Crippen LogP contribution in [0.2, 0.25) is 5.02 Å². The first kappa shape index (κ1) is 23.6. The van der Waals surface area contributed by atoms with Gasteiger partial charge in [-0.25, -0.2) is 17.8 Å². The quantitative estimate of drug-likeness (QED) is 0.453. The molecule has 0 aliphatic heterocycles. The largest absolute Gasteiger partial charge is 0.466 e. The number of nitrogens with zero attached hydrogens (tertiary/aromatic N) is 1. The summed E-state index contributed by atoms with van der Waals surface area (Å²) in [6.07, 6.45) is -0.0174. The Kier molecular flexibility index (Phi) is 7.44. The number of amides is 1. The van der Waals surface area contributed by atoms with E-state index in [0.29, 0.717) is 5.69 Å². The van der Waals surface area contributed by atoms with Crippen LogP contribution in [-0.4, -0.2) is 31.9 Å². The number of nitrogens with one attached hydrogen (secondary N) is 2. The van der Waals surface area contributed by atoms with E-state index in [4.69, 9.17) is 16.3 Å². The average molecular weight is 498 g/mol. The lowest BCUT2D eigenvalue weighted by Gasteiger charge is -2.11. The fourth-order valence-corrected chi connectivity index (χ4v) is 4.53. The van der Waals surface area contributed by atoms with Crippen LogP contribution >= 0.6 is 22.9 Å². The first-order valence-electron chi connectivity index (χ1n) is 9.17. The van der Waals surface area contributed by atoms with Gasteiger partial charge in [-0.15, -0.1) is 11.3 Å². The highest BCUT2D eigenvalue weighted by Gasteiger charge is 2.18. The molecule has 0 fully saturated rings. The number of rotatable bonds is 8. The lowest BCUT2D eigenvalue weighted by Crippen LogP contribution is -2.15. The molecule has 0 saturated carbocycles. The van der Waals surface area contributed by atoms with Crippen molar-refractivity contribution >= 4 is 55.7 Å². The molecule has 1 aromatic heterocycles. The number of aromatic nitrogens is 1. The minimum atomic E-state index is -4.05. The van der Waals surface area contributed by atoms with Crippen molar-refractivity contribution in [3.05, 3.63) is 69.9 Å². The maximum absolute atomic E-state index is 13.1.